The Labute approximate surface area is 139 Å². The van der Waals surface area contributed by atoms with Crippen LogP contribution in [0.2, 0.25) is 0 Å². The Hall–Kier alpha value is 0.310. The Kier molecular flexibility index (Phi) is 13.9. The standard InChI is InChI=1S/C18H39O3P/c1-5-7-8-9-11-14-17(18(3,4)6-2)15-12-10-13-16-21-22(19)20/h17,19-20H,5-16H2,1-4H3. The van der Waals surface area contributed by atoms with Crippen molar-refractivity contribution in [1.29, 1.82) is 0 Å². The average Bonchev–Trinajstić information content (AvgIpc) is 2.47. The lowest BCUT2D eigenvalue weighted by molar-refractivity contribution is 0.169. The van der Waals surface area contributed by atoms with Gasteiger partial charge in [0.25, 0.3) is 0 Å². The lowest BCUT2D eigenvalue weighted by Crippen LogP contribution is -2.23. The normalized spacial score (nSPS) is 13.8. The zero-order valence-electron chi connectivity index (χ0n) is 15.3. The Balaban J connectivity index is 3.94. The fraction of sp³-hybridized carbons (Fsp3) is 1.00. The summed E-state index contributed by atoms with van der Waals surface area (Å²) in [5.41, 5.74) is 0.436. The van der Waals surface area contributed by atoms with Crippen molar-refractivity contribution < 1.29 is 14.3 Å². The van der Waals surface area contributed by atoms with Gasteiger partial charge in [-0.25, -0.2) is 0 Å². The average molecular weight is 334 g/mol. The minimum atomic E-state index is -2.17. The smallest absolute Gasteiger partial charge is 0.327 e. The number of hydrogen-bond donors (Lipinski definition) is 2. The molecule has 0 aliphatic carbocycles. The van der Waals surface area contributed by atoms with Gasteiger partial charge in [0.2, 0.25) is 0 Å². The Bertz CT molecular complexity index is 244. The van der Waals surface area contributed by atoms with Gasteiger partial charge in [0.1, 0.15) is 0 Å². The minimum Gasteiger partial charge on any atom is -0.328 e. The van der Waals surface area contributed by atoms with Gasteiger partial charge in [0.15, 0.2) is 0 Å². The van der Waals surface area contributed by atoms with Crippen LogP contribution in [0.15, 0.2) is 0 Å². The van der Waals surface area contributed by atoms with E-state index in [9.17, 15) is 0 Å². The van der Waals surface area contributed by atoms with Gasteiger partial charge in [-0.2, -0.15) is 0 Å². The van der Waals surface area contributed by atoms with Gasteiger partial charge in [-0.15, -0.1) is 0 Å². The van der Waals surface area contributed by atoms with E-state index < -0.39 is 8.60 Å². The van der Waals surface area contributed by atoms with Crippen molar-refractivity contribution in [2.45, 2.75) is 98.3 Å². The first-order chi connectivity index (χ1) is 10.4. The molecule has 0 spiro atoms. The van der Waals surface area contributed by atoms with Crippen LogP contribution < -0.4 is 0 Å². The summed E-state index contributed by atoms with van der Waals surface area (Å²) in [6.45, 7) is 9.87. The van der Waals surface area contributed by atoms with E-state index in [2.05, 4.69) is 27.7 Å². The minimum absolute atomic E-state index is 0.436. The molecule has 22 heavy (non-hydrogen) atoms. The monoisotopic (exact) mass is 334 g/mol. The third kappa shape index (κ3) is 11.8. The van der Waals surface area contributed by atoms with E-state index >= 15 is 0 Å². The molecule has 0 aromatic carbocycles. The van der Waals surface area contributed by atoms with E-state index in [0.717, 1.165) is 18.8 Å². The van der Waals surface area contributed by atoms with Crippen LogP contribution in [0.3, 0.4) is 0 Å². The van der Waals surface area contributed by atoms with Crippen molar-refractivity contribution in [3.63, 3.8) is 0 Å². The number of unbranched alkanes of at least 4 members (excludes halogenated alkanes) is 6. The molecule has 3 nitrogen and oxygen atoms in total. The fourth-order valence-electron chi connectivity index (χ4n) is 3.02. The maximum absolute atomic E-state index is 8.69. The Morgan fingerprint density at radius 3 is 1.91 bits per heavy atom. The first kappa shape index (κ1) is 22.3. The van der Waals surface area contributed by atoms with Gasteiger partial charge >= 0.3 is 8.60 Å². The van der Waals surface area contributed by atoms with Crippen LogP contribution in [-0.4, -0.2) is 16.4 Å². The quantitative estimate of drug-likeness (QED) is 0.277. The van der Waals surface area contributed by atoms with Crippen molar-refractivity contribution in [3.8, 4) is 0 Å². The lowest BCUT2D eigenvalue weighted by atomic mass is 9.72. The molecule has 0 rings (SSSR count). The van der Waals surface area contributed by atoms with Crippen molar-refractivity contribution in [1.82, 2.24) is 0 Å². The summed E-state index contributed by atoms with van der Waals surface area (Å²) in [6.07, 6.45) is 14.0. The van der Waals surface area contributed by atoms with Gasteiger partial charge < -0.3 is 14.3 Å². The van der Waals surface area contributed by atoms with Crippen LogP contribution in [0.1, 0.15) is 98.3 Å². The van der Waals surface area contributed by atoms with Crippen LogP contribution in [0.5, 0.6) is 0 Å². The van der Waals surface area contributed by atoms with Crippen molar-refractivity contribution >= 4 is 8.60 Å². The predicted octanol–water partition coefficient (Wildman–Crippen LogP) is 6.19. The highest BCUT2D eigenvalue weighted by molar-refractivity contribution is 7.39. The van der Waals surface area contributed by atoms with E-state index in [1.807, 2.05) is 0 Å². The summed E-state index contributed by atoms with van der Waals surface area (Å²) in [7, 11) is -2.17. The fourth-order valence-corrected chi connectivity index (χ4v) is 3.32. The molecule has 0 aromatic rings. The summed E-state index contributed by atoms with van der Waals surface area (Å²) in [5.74, 6) is 0.813. The molecule has 1 unspecified atom stereocenters. The molecule has 2 N–H and O–H groups in total. The molecule has 0 fully saturated rings. The van der Waals surface area contributed by atoms with Crippen LogP contribution in [0.25, 0.3) is 0 Å². The highest BCUT2D eigenvalue weighted by Gasteiger charge is 2.26. The van der Waals surface area contributed by atoms with E-state index in [0.29, 0.717) is 12.0 Å². The van der Waals surface area contributed by atoms with Crippen LogP contribution >= 0.6 is 8.60 Å². The van der Waals surface area contributed by atoms with Crippen molar-refractivity contribution in [3.05, 3.63) is 0 Å². The molecule has 0 aliphatic rings. The number of rotatable bonds is 15. The zero-order chi connectivity index (χ0) is 16.8. The second kappa shape index (κ2) is 13.7. The predicted molar refractivity (Wildman–Crippen MR) is 96.7 cm³/mol. The van der Waals surface area contributed by atoms with Gasteiger partial charge in [-0.3, -0.25) is 0 Å². The van der Waals surface area contributed by atoms with E-state index in [1.165, 1.54) is 57.8 Å². The highest BCUT2D eigenvalue weighted by Crippen LogP contribution is 2.37. The van der Waals surface area contributed by atoms with Gasteiger partial charge in [0, 0.05) is 0 Å². The Morgan fingerprint density at radius 2 is 1.41 bits per heavy atom. The summed E-state index contributed by atoms with van der Waals surface area (Å²) in [6, 6.07) is 0. The second-order valence-electron chi connectivity index (χ2n) is 7.18. The maximum atomic E-state index is 8.69. The van der Waals surface area contributed by atoms with E-state index in [1.54, 1.807) is 0 Å². The SMILES string of the molecule is CCCCCCCC(CCCCCOP(O)O)C(C)(C)CC. The molecule has 134 valence electrons. The zero-order valence-corrected chi connectivity index (χ0v) is 16.2. The molecule has 0 saturated carbocycles. The molecular weight excluding hydrogens is 295 g/mol. The molecule has 0 amide bonds. The molecule has 0 radical (unpaired) electrons. The molecule has 0 bridgehead atoms. The third-order valence-corrected chi connectivity index (χ3v) is 5.49. The molecule has 0 saturated heterocycles. The molecule has 0 aliphatic heterocycles. The summed E-state index contributed by atoms with van der Waals surface area (Å²) in [4.78, 5) is 17.4. The Morgan fingerprint density at radius 1 is 0.864 bits per heavy atom. The lowest BCUT2D eigenvalue weighted by Gasteiger charge is -2.34. The summed E-state index contributed by atoms with van der Waals surface area (Å²) < 4.78 is 4.82. The third-order valence-electron chi connectivity index (χ3n) is 5.08. The first-order valence-electron chi connectivity index (χ1n) is 9.24. The number of hydrogen-bond acceptors (Lipinski definition) is 3. The molecule has 0 aromatic heterocycles. The maximum Gasteiger partial charge on any atom is 0.327 e. The van der Waals surface area contributed by atoms with Crippen molar-refractivity contribution in [2.75, 3.05) is 6.61 Å². The summed E-state index contributed by atoms with van der Waals surface area (Å²) >= 11 is 0. The highest BCUT2D eigenvalue weighted by atomic mass is 31.2. The van der Waals surface area contributed by atoms with Crippen molar-refractivity contribution in [2.24, 2.45) is 11.3 Å². The largest absolute Gasteiger partial charge is 0.328 e. The second-order valence-corrected chi connectivity index (χ2v) is 7.94. The molecule has 4 heteroatoms. The topological polar surface area (TPSA) is 49.7 Å². The molecular formula is C18H39O3P. The summed E-state index contributed by atoms with van der Waals surface area (Å²) in [5, 5.41) is 0. The van der Waals surface area contributed by atoms with Gasteiger partial charge in [0.05, 0.1) is 6.61 Å². The van der Waals surface area contributed by atoms with Crippen LogP contribution in [-0.2, 0) is 4.52 Å². The molecule has 1 atom stereocenters. The van der Waals surface area contributed by atoms with E-state index in [-0.39, 0.29) is 0 Å². The van der Waals surface area contributed by atoms with Crippen LogP contribution in [0.4, 0.5) is 0 Å². The van der Waals surface area contributed by atoms with Crippen LogP contribution in [0, 0.1) is 11.3 Å². The van der Waals surface area contributed by atoms with Gasteiger partial charge in [-0.1, -0.05) is 79.1 Å². The van der Waals surface area contributed by atoms with E-state index in [4.69, 9.17) is 14.3 Å². The first-order valence-corrected chi connectivity index (χ1v) is 10.4. The molecule has 0 heterocycles. The van der Waals surface area contributed by atoms with Gasteiger partial charge in [-0.05, 0) is 30.6 Å².